The van der Waals surface area contributed by atoms with Crippen molar-refractivity contribution in [3.05, 3.63) is 35.3 Å². The number of nitrogens with zero attached hydrogens (tertiary/aromatic N) is 3. The van der Waals surface area contributed by atoms with Gasteiger partial charge in [0.15, 0.2) is 0 Å². The van der Waals surface area contributed by atoms with Gasteiger partial charge in [-0.25, -0.2) is 4.98 Å². The molecule has 1 amide bonds. The first-order valence-electron chi connectivity index (χ1n) is 10.4. The Hall–Kier alpha value is -3.29. The molecule has 2 aromatic heterocycles. The van der Waals surface area contributed by atoms with E-state index in [1.807, 2.05) is 20.8 Å². The number of methoxy groups -OCH3 is 2. The molecule has 0 radical (unpaired) electrons. The normalized spacial score (nSPS) is 16.4. The highest BCUT2D eigenvalue weighted by Crippen LogP contribution is 2.34. The van der Waals surface area contributed by atoms with Crippen molar-refractivity contribution in [1.29, 1.82) is 0 Å². The number of anilines is 2. The minimum Gasteiger partial charge on any atom is -0.497 e. The van der Waals surface area contributed by atoms with Crippen molar-refractivity contribution in [3.63, 3.8) is 0 Å². The molecule has 1 fully saturated rings. The number of rotatable bonds is 5. The number of carbonyl (C=O) groups excluding carboxylic acids is 1. The van der Waals surface area contributed by atoms with E-state index < -0.39 is 0 Å². The molecule has 1 aromatic carbocycles. The molecule has 0 spiro atoms. The molecule has 1 saturated heterocycles. The molecule has 3 aromatic rings. The van der Waals surface area contributed by atoms with E-state index in [4.69, 9.17) is 18.9 Å². The first kappa shape index (κ1) is 21.0. The molecular weight excluding hydrogens is 396 g/mol. The summed E-state index contributed by atoms with van der Waals surface area (Å²) in [6.07, 6.45) is 1.72. The van der Waals surface area contributed by atoms with Crippen LogP contribution in [0.3, 0.4) is 0 Å². The quantitative estimate of drug-likeness (QED) is 0.662. The zero-order valence-electron chi connectivity index (χ0n) is 18.6. The summed E-state index contributed by atoms with van der Waals surface area (Å²) < 4.78 is 16.4. The van der Waals surface area contributed by atoms with Crippen molar-refractivity contribution in [2.45, 2.75) is 33.6 Å². The molecule has 1 N–H and O–H groups in total. The van der Waals surface area contributed by atoms with Gasteiger partial charge in [-0.15, -0.1) is 0 Å². The van der Waals surface area contributed by atoms with Crippen molar-refractivity contribution < 1.29 is 18.7 Å². The third-order valence-corrected chi connectivity index (χ3v) is 5.83. The Morgan fingerprint density at radius 2 is 1.84 bits per heavy atom. The topological polar surface area (TPSA) is 89.7 Å². The monoisotopic (exact) mass is 424 g/mol. The Morgan fingerprint density at radius 1 is 1.13 bits per heavy atom. The summed E-state index contributed by atoms with van der Waals surface area (Å²) in [5, 5.41) is 3.95. The minimum absolute atomic E-state index is 0.0258. The van der Waals surface area contributed by atoms with Crippen LogP contribution in [0.15, 0.2) is 22.6 Å². The van der Waals surface area contributed by atoms with Gasteiger partial charge in [0.25, 0.3) is 0 Å². The second-order valence-corrected chi connectivity index (χ2v) is 7.93. The van der Waals surface area contributed by atoms with Gasteiger partial charge in [0.05, 0.1) is 25.5 Å². The molecule has 1 atom stereocenters. The van der Waals surface area contributed by atoms with Crippen molar-refractivity contribution in [1.82, 2.24) is 9.97 Å². The van der Waals surface area contributed by atoms with Gasteiger partial charge in [-0.05, 0) is 33.6 Å². The van der Waals surface area contributed by atoms with Crippen LogP contribution >= 0.6 is 0 Å². The lowest BCUT2D eigenvalue weighted by Crippen LogP contribution is -2.41. The van der Waals surface area contributed by atoms with Crippen molar-refractivity contribution >= 4 is 28.5 Å². The second-order valence-electron chi connectivity index (χ2n) is 7.93. The average Bonchev–Trinajstić information content (AvgIpc) is 3.05. The predicted octanol–water partition coefficient (Wildman–Crippen LogP) is 4.02. The summed E-state index contributed by atoms with van der Waals surface area (Å²) in [6, 6.07) is 5.35. The zero-order valence-corrected chi connectivity index (χ0v) is 18.6. The number of carbonyl (C=O) groups is 1. The van der Waals surface area contributed by atoms with Crippen LogP contribution in [0.25, 0.3) is 11.1 Å². The fourth-order valence-electron chi connectivity index (χ4n) is 4.07. The maximum absolute atomic E-state index is 13.1. The summed E-state index contributed by atoms with van der Waals surface area (Å²) in [7, 11) is 3.17. The number of furan rings is 1. The first-order valence-corrected chi connectivity index (χ1v) is 10.4. The van der Waals surface area contributed by atoms with Gasteiger partial charge >= 0.3 is 0 Å². The standard InChI is InChI=1S/C23H28N4O4/c1-13-14(2)31-23-20(13)21(24-15(3)25-23)27-8-6-7-16(12-27)22(28)26-17-9-18(29-4)11-19(10-17)30-5/h9-11,16H,6-8,12H2,1-5H3,(H,26,28)/t16-/m1/s1. The van der Waals surface area contributed by atoms with Crippen LogP contribution in [0.5, 0.6) is 11.5 Å². The summed E-state index contributed by atoms with van der Waals surface area (Å²) >= 11 is 0. The Bertz CT molecular complexity index is 1100. The molecule has 0 unspecified atom stereocenters. The van der Waals surface area contributed by atoms with Crippen LogP contribution in [-0.2, 0) is 4.79 Å². The first-order chi connectivity index (χ1) is 14.9. The lowest BCUT2D eigenvalue weighted by molar-refractivity contribution is -0.120. The molecule has 1 aliphatic rings. The fourth-order valence-corrected chi connectivity index (χ4v) is 4.07. The number of ether oxygens (including phenoxy) is 2. The van der Waals surface area contributed by atoms with E-state index >= 15 is 0 Å². The van der Waals surface area contributed by atoms with Crippen LogP contribution in [0.4, 0.5) is 11.5 Å². The van der Waals surface area contributed by atoms with Gasteiger partial charge in [0.2, 0.25) is 11.6 Å². The number of nitrogens with one attached hydrogen (secondary N) is 1. The lowest BCUT2D eigenvalue weighted by atomic mass is 9.96. The van der Waals surface area contributed by atoms with E-state index in [0.29, 0.717) is 35.3 Å². The lowest BCUT2D eigenvalue weighted by Gasteiger charge is -2.33. The third-order valence-electron chi connectivity index (χ3n) is 5.83. The minimum atomic E-state index is -0.162. The SMILES string of the molecule is COc1cc(NC(=O)[C@@H]2CCCN(c3nc(C)nc4oc(C)c(C)c34)C2)cc(OC)c1. The highest BCUT2D eigenvalue weighted by atomic mass is 16.5. The van der Waals surface area contributed by atoms with Gasteiger partial charge in [-0.3, -0.25) is 4.79 Å². The number of hydrogen-bond acceptors (Lipinski definition) is 7. The van der Waals surface area contributed by atoms with Crippen molar-refractivity contribution in [2.75, 3.05) is 37.5 Å². The van der Waals surface area contributed by atoms with Crippen LogP contribution in [0, 0.1) is 26.7 Å². The number of hydrogen-bond donors (Lipinski definition) is 1. The number of piperidine rings is 1. The number of aryl methyl sites for hydroxylation is 3. The highest BCUT2D eigenvalue weighted by Gasteiger charge is 2.29. The second kappa shape index (κ2) is 8.45. The summed E-state index contributed by atoms with van der Waals surface area (Å²) in [5.41, 5.74) is 2.30. The molecule has 8 heteroatoms. The van der Waals surface area contributed by atoms with Crippen LogP contribution < -0.4 is 19.7 Å². The molecule has 0 aliphatic carbocycles. The molecular formula is C23H28N4O4. The Balaban J connectivity index is 1.57. The molecule has 3 heterocycles. The van der Waals surface area contributed by atoms with Crippen LogP contribution in [-0.4, -0.2) is 43.2 Å². The van der Waals surface area contributed by atoms with Crippen LogP contribution in [0.1, 0.15) is 30.0 Å². The van der Waals surface area contributed by atoms with Crippen LogP contribution in [0.2, 0.25) is 0 Å². The highest BCUT2D eigenvalue weighted by molar-refractivity contribution is 5.94. The summed E-state index contributed by atoms with van der Waals surface area (Å²) in [5.74, 6) is 3.42. The fraction of sp³-hybridized carbons (Fsp3) is 0.435. The smallest absolute Gasteiger partial charge is 0.231 e. The molecule has 8 nitrogen and oxygen atoms in total. The van der Waals surface area contributed by atoms with Crippen molar-refractivity contribution in [2.24, 2.45) is 5.92 Å². The number of amides is 1. The van der Waals surface area contributed by atoms with E-state index in [0.717, 1.165) is 41.9 Å². The van der Waals surface area contributed by atoms with E-state index in [2.05, 4.69) is 15.2 Å². The third kappa shape index (κ3) is 4.15. The van der Waals surface area contributed by atoms with Gasteiger partial charge in [-0.1, -0.05) is 0 Å². The average molecular weight is 425 g/mol. The van der Waals surface area contributed by atoms with E-state index in [1.165, 1.54) is 0 Å². The molecule has 164 valence electrons. The molecule has 4 rings (SSSR count). The number of aromatic nitrogens is 2. The summed E-state index contributed by atoms with van der Waals surface area (Å²) in [6.45, 7) is 7.24. The van der Waals surface area contributed by atoms with Gasteiger partial charge < -0.3 is 24.1 Å². The zero-order chi connectivity index (χ0) is 22.1. The maximum Gasteiger partial charge on any atom is 0.231 e. The maximum atomic E-state index is 13.1. The Morgan fingerprint density at radius 3 is 2.52 bits per heavy atom. The number of benzene rings is 1. The Kier molecular flexibility index (Phi) is 5.71. The van der Waals surface area contributed by atoms with Gasteiger partial charge in [-0.2, -0.15) is 4.98 Å². The molecule has 1 aliphatic heterocycles. The molecule has 0 saturated carbocycles. The largest absolute Gasteiger partial charge is 0.497 e. The Labute approximate surface area is 181 Å². The van der Waals surface area contributed by atoms with E-state index in [1.54, 1.807) is 32.4 Å². The molecule has 31 heavy (non-hydrogen) atoms. The van der Waals surface area contributed by atoms with E-state index in [9.17, 15) is 4.79 Å². The summed E-state index contributed by atoms with van der Waals surface area (Å²) in [4.78, 5) is 24.4. The van der Waals surface area contributed by atoms with Gasteiger partial charge in [0, 0.05) is 42.5 Å². The number of fused-ring (bicyclic) bond motifs is 1. The predicted molar refractivity (Wildman–Crippen MR) is 119 cm³/mol. The van der Waals surface area contributed by atoms with Gasteiger partial charge in [0.1, 0.15) is 28.9 Å². The van der Waals surface area contributed by atoms with E-state index in [-0.39, 0.29) is 11.8 Å². The molecule has 0 bridgehead atoms. The van der Waals surface area contributed by atoms with Crippen molar-refractivity contribution in [3.8, 4) is 11.5 Å².